The molecule has 2 heterocycles. The summed E-state index contributed by atoms with van der Waals surface area (Å²) < 4.78 is 10.7. The summed E-state index contributed by atoms with van der Waals surface area (Å²) in [5.74, 6) is 0.400. The molecule has 2 atom stereocenters. The summed E-state index contributed by atoms with van der Waals surface area (Å²) in [4.78, 5) is 26.4. The highest BCUT2D eigenvalue weighted by Crippen LogP contribution is 2.44. The van der Waals surface area contributed by atoms with Gasteiger partial charge in [-0.15, -0.1) is 0 Å². The topological polar surface area (TPSA) is 59.1 Å². The Morgan fingerprint density at radius 3 is 1.94 bits per heavy atom. The Bertz CT molecular complexity index is 940. The van der Waals surface area contributed by atoms with Crippen molar-refractivity contribution in [3.8, 4) is 11.1 Å². The molecule has 6 heteroatoms. The first kappa shape index (κ1) is 23.3. The van der Waals surface area contributed by atoms with Crippen LogP contribution in [0.4, 0.5) is 4.79 Å². The first-order chi connectivity index (χ1) is 15.8. The standard InChI is InChI=1S/C15H14O.C12H20N2O3/c1-16-10-15-13-8-4-2-6-11(13)12-7-3-5-9-14(12)15;1-12(2,3)17-11(16)14-9-4-5-10(14)7-13(6-9)8-15/h2-9,15H,10H2,1H3;8-10H,4-7H2,1-3H3. The van der Waals surface area contributed by atoms with Gasteiger partial charge in [0.15, 0.2) is 0 Å². The summed E-state index contributed by atoms with van der Waals surface area (Å²) >= 11 is 0. The summed E-state index contributed by atoms with van der Waals surface area (Å²) in [6.07, 6.45) is 2.57. The van der Waals surface area contributed by atoms with Crippen molar-refractivity contribution in [2.75, 3.05) is 26.8 Å². The molecule has 2 aliphatic heterocycles. The number of amides is 2. The van der Waals surface area contributed by atoms with Crippen LogP contribution in [0.25, 0.3) is 11.1 Å². The highest BCUT2D eigenvalue weighted by atomic mass is 16.6. The molecule has 2 saturated heterocycles. The molecule has 1 aliphatic carbocycles. The van der Waals surface area contributed by atoms with Crippen LogP contribution in [0.3, 0.4) is 0 Å². The Hall–Kier alpha value is -2.86. The number of hydrogen-bond donors (Lipinski definition) is 0. The Balaban J connectivity index is 0.000000157. The van der Waals surface area contributed by atoms with Gasteiger partial charge in [-0.3, -0.25) is 9.69 Å². The van der Waals surface area contributed by atoms with Crippen molar-refractivity contribution in [1.29, 1.82) is 0 Å². The molecule has 2 amide bonds. The van der Waals surface area contributed by atoms with Gasteiger partial charge in [0.1, 0.15) is 5.60 Å². The van der Waals surface area contributed by atoms with Gasteiger partial charge in [0.05, 0.1) is 18.7 Å². The number of hydrogen-bond acceptors (Lipinski definition) is 4. The monoisotopic (exact) mass is 450 g/mol. The van der Waals surface area contributed by atoms with Gasteiger partial charge in [0.25, 0.3) is 0 Å². The smallest absolute Gasteiger partial charge is 0.410 e. The number of benzene rings is 2. The molecule has 0 spiro atoms. The third kappa shape index (κ3) is 4.91. The number of fused-ring (bicyclic) bond motifs is 5. The largest absolute Gasteiger partial charge is 0.444 e. The van der Waals surface area contributed by atoms with Crippen LogP contribution < -0.4 is 0 Å². The second kappa shape index (κ2) is 9.56. The lowest BCUT2D eigenvalue weighted by Crippen LogP contribution is -2.56. The molecule has 2 aromatic rings. The molecular formula is C27H34N2O4. The van der Waals surface area contributed by atoms with Crippen molar-refractivity contribution >= 4 is 12.5 Å². The van der Waals surface area contributed by atoms with Crippen molar-refractivity contribution in [3.63, 3.8) is 0 Å². The maximum absolute atomic E-state index is 12.1. The quantitative estimate of drug-likeness (QED) is 0.638. The predicted molar refractivity (Wildman–Crippen MR) is 128 cm³/mol. The van der Waals surface area contributed by atoms with E-state index in [1.165, 1.54) is 22.3 Å². The molecule has 2 fully saturated rings. The molecule has 2 aromatic carbocycles. The zero-order chi connectivity index (χ0) is 23.6. The van der Waals surface area contributed by atoms with E-state index in [1.807, 2.05) is 25.7 Å². The minimum atomic E-state index is -0.460. The Labute approximate surface area is 196 Å². The maximum Gasteiger partial charge on any atom is 0.410 e. The van der Waals surface area contributed by atoms with Gasteiger partial charge in [-0.05, 0) is 55.9 Å². The average molecular weight is 451 g/mol. The van der Waals surface area contributed by atoms with Crippen LogP contribution >= 0.6 is 0 Å². The lowest BCUT2D eigenvalue weighted by Gasteiger charge is -2.39. The van der Waals surface area contributed by atoms with E-state index in [1.54, 1.807) is 12.0 Å². The zero-order valence-corrected chi connectivity index (χ0v) is 20.0. The Morgan fingerprint density at radius 1 is 0.970 bits per heavy atom. The molecule has 2 unspecified atom stereocenters. The van der Waals surface area contributed by atoms with Gasteiger partial charge < -0.3 is 14.4 Å². The van der Waals surface area contributed by atoms with Crippen LogP contribution in [0.1, 0.15) is 50.7 Å². The van der Waals surface area contributed by atoms with E-state index in [9.17, 15) is 9.59 Å². The number of rotatable bonds is 3. The molecule has 0 aromatic heterocycles. The van der Waals surface area contributed by atoms with Crippen molar-refractivity contribution in [2.45, 2.75) is 57.2 Å². The van der Waals surface area contributed by atoms with Crippen molar-refractivity contribution in [2.24, 2.45) is 0 Å². The summed E-state index contributed by atoms with van der Waals surface area (Å²) in [5.41, 5.74) is 5.05. The second-order valence-electron chi connectivity index (χ2n) is 10.0. The number of carbonyl (C=O) groups excluding carboxylic acids is 2. The molecule has 5 rings (SSSR count). The summed E-state index contributed by atoms with van der Waals surface area (Å²) in [6.45, 7) is 7.64. The third-order valence-electron chi connectivity index (χ3n) is 6.56. The van der Waals surface area contributed by atoms with Gasteiger partial charge in [0, 0.05) is 26.1 Å². The molecule has 3 aliphatic rings. The van der Waals surface area contributed by atoms with Crippen LogP contribution in [0.15, 0.2) is 48.5 Å². The first-order valence-corrected chi connectivity index (χ1v) is 11.7. The number of likely N-dealkylation sites (tertiary alicyclic amines) is 1. The lowest BCUT2D eigenvalue weighted by atomic mass is 9.98. The number of methoxy groups -OCH3 is 1. The van der Waals surface area contributed by atoms with E-state index in [-0.39, 0.29) is 18.2 Å². The van der Waals surface area contributed by atoms with Crippen LogP contribution in [-0.2, 0) is 14.3 Å². The van der Waals surface area contributed by atoms with Gasteiger partial charge >= 0.3 is 6.09 Å². The fourth-order valence-corrected chi connectivity index (χ4v) is 5.24. The lowest BCUT2D eigenvalue weighted by molar-refractivity contribution is -0.121. The Morgan fingerprint density at radius 2 is 1.48 bits per heavy atom. The normalized spacial score (nSPS) is 21.1. The van der Waals surface area contributed by atoms with E-state index >= 15 is 0 Å². The SMILES string of the molecule is CC(C)(C)OC(=O)N1C2CCC1CN(C=O)C2.COCC1c2ccccc2-c2ccccc21. The molecule has 2 bridgehead atoms. The number of piperazine rings is 1. The second-order valence-corrected chi connectivity index (χ2v) is 10.0. The first-order valence-electron chi connectivity index (χ1n) is 11.7. The fourth-order valence-electron chi connectivity index (χ4n) is 5.24. The van der Waals surface area contributed by atoms with Crippen LogP contribution in [0.2, 0.25) is 0 Å². The van der Waals surface area contributed by atoms with Crippen LogP contribution in [-0.4, -0.2) is 66.8 Å². The number of carbonyl (C=O) groups is 2. The van der Waals surface area contributed by atoms with Gasteiger partial charge in [-0.2, -0.15) is 0 Å². The van der Waals surface area contributed by atoms with E-state index in [0.29, 0.717) is 19.0 Å². The van der Waals surface area contributed by atoms with E-state index in [4.69, 9.17) is 9.47 Å². The highest BCUT2D eigenvalue weighted by molar-refractivity contribution is 5.78. The fraction of sp³-hybridized carbons (Fsp3) is 0.481. The molecule has 0 radical (unpaired) electrons. The van der Waals surface area contributed by atoms with Gasteiger partial charge in [0.2, 0.25) is 6.41 Å². The zero-order valence-electron chi connectivity index (χ0n) is 20.0. The van der Waals surface area contributed by atoms with Crippen LogP contribution in [0.5, 0.6) is 0 Å². The van der Waals surface area contributed by atoms with Gasteiger partial charge in [-0.25, -0.2) is 4.79 Å². The molecule has 0 saturated carbocycles. The van der Waals surface area contributed by atoms with Crippen molar-refractivity contribution < 1.29 is 19.1 Å². The third-order valence-corrected chi connectivity index (χ3v) is 6.56. The average Bonchev–Trinajstić information content (AvgIpc) is 3.25. The molecule has 176 valence electrons. The van der Waals surface area contributed by atoms with Crippen molar-refractivity contribution in [3.05, 3.63) is 59.7 Å². The minimum absolute atomic E-state index is 0.133. The van der Waals surface area contributed by atoms with E-state index in [0.717, 1.165) is 25.9 Å². The Kier molecular flexibility index (Phi) is 6.75. The number of ether oxygens (including phenoxy) is 2. The van der Waals surface area contributed by atoms with Crippen molar-refractivity contribution in [1.82, 2.24) is 9.80 Å². The molecule has 0 N–H and O–H groups in total. The van der Waals surface area contributed by atoms with E-state index in [2.05, 4.69) is 48.5 Å². The molecule has 33 heavy (non-hydrogen) atoms. The van der Waals surface area contributed by atoms with E-state index < -0.39 is 5.60 Å². The van der Waals surface area contributed by atoms with Gasteiger partial charge in [-0.1, -0.05) is 48.5 Å². The maximum atomic E-state index is 12.1. The van der Waals surface area contributed by atoms with Crippen LogP contribution in [0, 0.1) is 0 Å². The summed E-state index contributed by atoms with van der Waals surface area (Å²) in [5, 5.41) is 0. The highest BCUT2D eigenvalue weighted by Gasteiger charge is 2.43. The number of nitrogens with zero attached hydrogens (tertiary/aromatic N) is 2. The summed E-state index contributed by atoms with van der Waals surface area (Å²) in [7, 11) is 1.77. The molecular weight excluding hydrogens is 416 g/mol. The minimum Gasteiger partial charge on any atom is -0.444 e. The molecule has 6 nitrogen and oxygen atoms in total. The summed E-state index contributed by atoms with van der Waals surface area (Å²) in [6, 6.07) is 17.5. The predicted octanol–water partition coefficient (Wildman–Crippen LogP) is 4.67.